The molecule has 0 spiro atoms. The molecule has 0 bridgehead atoms. The second kappa shape index (κ2) is 9.66. The fourth-order valence-electron chi connectivity index (χ4n) is 4.22. The number of sulfone groups is 1. The number of carbonyl (C=O) groups excluding carboxylic acids is 2. The van der Waals surface area contributed by atoms with Crippen LogP contribution in [0, 0.1) is 19.8 Å². The first-order chi connectivity index (χ1) is 16.6. The smallest absolute Gasteiger partial charge is 0.259 e. The highest BCUT2D eigenvalue weighted by molar-refractivity contribution is 7.91. The molecule has 0 unspecified atom stereocenters. The highest BCUT2D eigenvalue weighted by atomic mass is 32.2. The Labute approximate surface area is 206 Å². The number of benzene rings is 3. The van der Waals surface area contributed by atoms with Crippen LogP contribution >= 0.6 is 0 Å². The van der Waals surface area contributed by atoms with Crippen molar-refractivity contribution in [2.24, 2.45) is 5.92 Å². The van der Waals surface area contributed by atoms with Crippen molar-refractivity contribution in [3.63, 3.8) is 0 Å². The summed E-state index contributed by atoms with van der Waals surface area (Å²) < 4.78 is 27.3. The summed E-state index contributed by atoms with van der Waals surface area (Å²) in [5, 5.41) is 2.89. The topological polar surface area (TPSA) is 83.6 Å². The van der Waals surface area contributed by atoms with Gasteiger partial charge in [0.1, 0.15) is 0 Å². The van der Waals surface area contributed by atoms with E-state index >= 15 is 0 Å². The van der Waals surface area contributed by atoms with Crippen LogP contribution in [0.4, 0.5) is 5.69 Å². The molecule has 1 N–H and O–H groups in total. The van der Waals surface area contributed by atoms with Crippen molar-refractivity contribution in [3.8, 4) is 0 Å². The van der Waals surface area contributed by atoms with E-state index in [1.165, 1.54) is 35.2 Å². The minimum atomic E-state index is -3.98. The number of rotatable bonds is 6. The first-order valence-electron chi connectivity index (χ1n) is 11.7. The molecule has 0 fully saturated rings. The van der Waals surface area contributed by atoms with E-state index in [1.807, 2.05) is 32.0 Å². The van der Waals surface area contributed by atoms with Gasteiger partial charge in [-0.05, 0) is 67.6 Å². The quantitative estimate of drug-likeness (QED) is 0.523. The van der Waals surface area contributed by atoms with Crippen LogP contribution in [0.1, 0.15) is 57.7 Å². The molecule has 3 aromatic carbocycles. The summed E-state index contributed by atoms with van der Waals surface area (Å²) in [6.07, 6.45) is 0.831. The first kappa shape index (κ1) is 24.7. The molecule has 6 nitrogen and oxygen atoms in total. The minimum Gasteiger partial charge on any atom is -0.352 e. The summed E-state index contributed by atoms with van der Waals surface area (Å²) in [5.41, 5.74) is 3.59. The number of carbonyl (C=O) groups is 2. The number of fused-ring (bicyclic) bond motifs is 2. The van der Waals surface area contributed by atoms with Crippen molar-refractivity contribution in [2.45, 2.75) is 50.5 Å². The summed E-state index contributed by atoms with van der Waals surface area (Å²) in [4.78, 5) is 28.1. The van der Waals surface area contributed by atoms with Gasteiger partial charge in [-0.2, -0.15) is 0 Å². The van der Waals surface area contributed by atoms with Gasteiger partial charge in [0.15, 0.2) is 0 Å². The summed E-state index contributed by atoms with van der Waals surface area (Å²) in [7, 11) is -3.98. The summed E-state index contributed by atoms with van der Waals surface area (Å²) in [6, 6.07) is 16.7. The van der Waals surface area contributed by atoms with E-state index in [1.54, 1.807) is 12.1 Å². The predicted molar refractivity (Wildman–Crippen MR) is 137 cm³/mol. The Hall–Kier alpha value is -3.45. The van der Waals surface area contributed by atoms with Crippen molar-refractivity contribution >= 4 is 27.3 Å². The van der Waals surface area contributed by atoms with Crippen molar-refractivity contribution in [1.29, 1.82) is 0 Å². The molecule has 3 aromatic rings. The molecular formula is C28H30N2O4S. The molecule has 1 aliphatic rings. The number of hydrogen-bond donors (Lipinski definition) is 1. The Bertz CT molecular complexity index is 1410. The Morgan fingerprint density at radius 2 is 1.71 bits per heavy atom. The summed E-state index contributed by atoms with van der Waals surface area (Å²) in [6.45, 7) is 8.79. The van der Waals surface area contributed by atoms with Crippen molar-refractivity contribution in [2.75, 3.05) is 11.4 Å². The van der Waals surface area contributed by atoms with Crippen molar-refractivity contribution in [1.82, 2.24) is 5.32 Å². The van der Waals surface area contributed by atoms with Crippen molar-refractivity contribution in [3.05, 3.63) is 88.5 Å². The van der Waals surface area contributed by atoms with Gasteiger partial charge < -0.3 is 10.2 Å². The predicted octanol–water partition coefficient (Wildman–Crippen LogP) is 5.07. The maximum absolute atomic E-state index is 13.8. The maximum Gasteiger partial charge on any atom is 0.259 e. The lowest BCUT2D eigenvalue weighted by Crippen LogP contribution is -2.31. The van der Waals surface area contributed by atoms with Crippen LogP contribution in [-0.4, -0.2) is 26.8 Å². The molecule has 0 radical (unpaired) electrons. The zero-order valence-electron chi connectivity index (χ0n) is 20.5. The first-order valence-corrected chi connectivity index (χ1v) is 13.2. The highest BCUT2D eigenvalue weighted by Crippen LogP contribution is 2.38. The van der Waals surface area contributed by atoms with E-state index in [0.717, 1.165) is 23.1 Å². The number of hydrogen-bond acceptors (Lipinski definition) is 4. The third-order valence-corrected chi connectivity index (χ3v) is 8.15. The minimum absolute atomic E-state index is 0.0137. The summed E-state index contributed by atoms with van der Waals surface area (Å²) >= 11 is 0. The van der Waals surface area contributed by atoms with Crippen molar-refractivity contribution < 1.29 is 18.0 Å². The third-order valence-electron chi connectivity index (χ3n) is 6.29. The molecule has 7 heteroatoms. The van der Waals surface area contributed by atoms with Gasteiger partial charge in [-0.15, -0.1) is 0 Å². The van der Waals surface area contributed by atoms with E-state index in [0.29, 0.717) is 18.0 Å². The lowest BCUT2D eigenvalue weighted by molar-refractivity contribution is 0.0948. The largest absolute Gasteiger partial charge is 0.352 e. The zero-order chi connectivity index (χ0) is 25.3. The third kappa shape index (κ3) is 4.86. The lowest BCUT2D eigenvalue weighted by atomic mass is 10.0. The van der Waals surface area contributed by atoms with Crippen LogP contribution < -0.4 is 10.2 Å². The Balaban J connectivity index is 1.86. The Morgan fingerprint density at radius 3 is 2.46 bits per heavy atom. The zero-order valence-corrected chi connectivity index (χ0v) is 21.3. The van der Waals surface area contributed by atoms with Crippen LogP contribution in [0.3, 0.4) is 0 Å². The second-order valence-electron chi connectivity index (χ2n) is 9.44. The maximum atomic E-state index is 13.8. The monoisotopic (exact) mass is 490 g/mol. The molecular weight excluding hydrogens is 460 g/mol. The highest BCUT2D eigenvalue weighted by Gasteiger charge is 2.36. The fraction of sp³-hybridized carbons (Fsp3) is 0.286. The van der Waals surface area contributed by atoms with Gasteiger partial charge in [0.05, 0.1) is 27.6 Å². The van der Waals surface area contributed by atoms with Gasteiger partial charge in [0.25, 0.3) is 11.8 Å². The molecule has 0 saturated carbocycles. The van der Waals surface area contributed by atoms with E-state index in [9.17, 15) is 18.0 Å². The lowest BCUT2D eigenvalue weighted by Gasteiger charge is -2.24. The SMILES string of the molecule is Cc1ccc(C)c(CN2C(=O)c3ccccc3S(=O)(=O)c3ccc(C(=O)NCCC(C)C)cc32)c1. The molecule has 0 atom stereocenters. The Kier molecular flexibility index (Phi) is 6.81. The van der Waals surface area contributed by atoms with Gasteiger partial charge >= 0.3 is 0 Å². The molecule has 1 aliphatic heterocycles. The van der Waals surface area contributed by atoms with Gasteiger partial charge in [0.2, 0.25) is 9.84 Å². The molecule has 1 heterocycles. The Morgan fingerprint density at radius 1 is 0.971 bits per heavy atom. The molecule has 0 aromatic heterocycles. The van der Waals surface area contributed by atoms with E-state index in [4.69, 9.17) is 0 Å². The summed E-state index contributed by atoms with van der Waals surface area (Å²) in [5.74, 6) is -0.274. The molecule has 182 valence electrons. The molecule has 2 amide bonds. The number of nitrogens with zero attached hydrogens (tertiary/aromatic N) is 1. The van der Waals surface area contributed by atoms with E-state index < -0.39 is 15.7 Å². The molecule has 0 aliphatic carbocycles. The van der Waals surface area contributed by atoms with E-state index in [2.05, 4.69) is 19.2 Å². The van der Waals surface area contributed by atoms with Crippen LogP contribution in [-0.2, 0) is 16.4 Å². The van der Waals surface area contributed by atoms with Crippen LogP contribution in [0.25, 0.3) is 0 Å². The van der Waals surface area contributed by atoms with Gasteiger partial charge in [-0.3, -0.25) is 9.59 Å². The van der Waals surface area contributed by atoms with Gasteiger partial charge in [-0.25, -0.2) is 8.42 Å². The standard InChI is InChI=1S/C28H30N2O4S/c1-18(2)13-14-29-27(31)21-11-12-26-24(16-21)30(17-22-15-19(3)9-10-20(22)4)28(32)23-7-5-6-8-25(23)35(26,33)34/h5-12,15-16,18H,13-14,17H2,1-4H3,(H,29,31). The van der Waals surface area contributed by atoms with Gasteiger partial charge in [0, 0.05) is 12.1 Å². The van der Waals surface area contributed by atoms with Crippen LogP contribution in [0.15, 0.2) is 70.5 Å². The number of nitrogens with one attached hydrogen (secondary N) is 1. The molecule has 0 saturated heterocycles. The normalized spacial score (nSPS) is 14.3. The average Bonchev–Trinajstić information content (AvgIpc) is 2.89. The average molecular weight is 491 g/mol. The molecule has 4 rings (SSSR count). The van der Waals surface area contributed by atoms with Crippen LogP contribution in [0.2, 0.25) is 0 Å². The van der Waals surface area contributed by atoms with Gasteiger partial charge in [-0.1, -0.05) is 49.7 Å². The fourth-order valence-corrected chi connectivity index (χ4v) is 5.85. The number of anilines is 1. The number of amides is 2. The van der Waals surface area contributed by atoms with Crippen LogP contribution in [0.5, 0.6) is 0 Å². The van der Waals surface area contributed by atoms with E-state index in [-0.39, 0.29) is 33.5 Å². The number of aryl methyl sites for hydroxylation is 2. The second-order valence-corrected chi connectivity index (χ2v) is 11.3. The molecule has 35 heavy (non-hydrogen) atoms.